The Morgan fingerprint density at radius 2 is 2.21 bits per heavy atom. The molecule has 1 aliphatic rings. The third kappa shape index (κ3) is 2.98. The molecule has 0 spiro atoms. The summed E-state index contributed by atoms with van der Waals surface area (Å²) in [7, 11) is 1.39. The van der Waals surface area contributed by atoms with Crippen LogP contribution < -0.4 is 5.32 Å². The van der Waals surface area contributed by atoms with E-state index in [2.05, 4.69) is 36.5 Å². The molecule has 2 rings (SSSR count). The second-order valence-electron chi connectivity index (χ2n) is 5.02. The molecule has 3 nitrogen and oxygen atoms in total. The average Bonchev–Trinajstić information content (AvgIpc) is 2.72. The molecule has 0 fully saturated rings. The number of hydrogen-bond donors (Lipinski definition) is 1. The molecule has 0 aliphatic heterocycles. The smallest absolute Gasteiger partial charge is 0.407 e. The molecule has 0 heterocycles. The van der Waals surface area contributed by atoms with Crippen molar-refractivity contribution >= 4 is 12.2 Å². The second-order valence-corrected chi connectivity index (χ2v) is 5.02. The van der Waals surface area contributed by atoms with Crippen LogP contribution in [0.1, 0.15) is 49.4 Å². The van der Waals surface area contributed by atoms with Crippen molar-refractivity contribution in [3.8, 4) is 0 Å². The molecule has 1 aromatic carbocycles. The van der Waals surface area contributed by atoms with Crippen LogP contribution in [-0.2, 0) is 11.2 Å². The van der Waals surface area contributed by atoms with Crippen molar-refractivity contribution < 1.29 is 9.53 Å². The summed E-state index contributed by atoms with van der Waals surface area (Å²) < 4.78 is 4.69. The Hall–Kier alpha value is -1.77. The van der Waals surface area contributed by atoms with Gasteiger partial charge in [-0.3, -0.25) is 0 Å². The summed E-state index contributed by atoms with van der Waals surface area (Å²) in [5, 5.41) is 2.89. The van der Waals surface area contributed by atoms with E-state index < -0.39 is 0 Å². The molecule has 0 saturated carbocycles. The van der Waals surface area contributed by atoms with Gasteiger partial charge in [0.25, 0.3) is 0 Å². The maximum atomic E-state index is 11.4. The number of aryl methyl sites for hydroxylation is 1. The van der Waals surface area contributed by atoms with Gasteiger partial charge >= 0.3 is 6.09 Å². The van der Waals surface area contributed by atoms with Crippen molar-refractivity contribution in [3.05, 3.63) is 40.5 Å². The molecule has 1 N–H and O–H groups in total. The lowest BCUT2D eigenvalue weighted by atomic mass is 9.99. The van der Waals surface area contributed by atoms with Crippen LogP contribution in [0.4, 0.5) is 4.79 Å². The number of amides is 1. The van der Waals surface area contributed by atoms with E-state index in [1.807, 2.05) is 6.92 Å². The van der Waals surface area contributed by atoms with E-state index in [1.165, 1.54) is 36.6 Å². The lowest BCUT2D eigenvalue weighted by molar-refractivity contribution is 0.168. The fraction of sp³-hybridized carbons (Fsp3) is 0.438. The number of rotatable bonds is 4. The highest BCUT2D eigenvalue weighted by Gasteiger charge is 2.24. The van der Waals surface area contributed by atoms with Crippen LogP contribution in [0.15, 0.2) is 23.8 Å². The topological polar surface area (TPSA) is 38.3 Å². The van der Waals surface area contributed by atoms with Crippen molar-refractivity contribution in [3.63, 3.8) is 0 Å². The number of nitrogens with one attached hydrogen (secondary N) is 1. The minimum Gasteiger partial charge on any atom is -0.453 e. The number of fused-ring (bicyclic) bond motifs is 1. The molecule has 19 heavy (non-hydrogen) atoms. The van der Waals surface area contributed by atoms with Gasteiger partial charge in [-0.1, -0.05) is 37.6 Å². The lowest BCUT2D eigenvalue weighted by Crippen LogP contribution is -2.28. The highest BCUT2D eigenvalue weighted by Crippen LogP contribution is 2.34. The number of carbonyl (C=O) groups is 1. The summed E-state index contributed by atoms with van der Waals surface area (Å²) in [4.78, 5) is 11.4. The molecule has 0 saturated heterocycles. The van der Waals surface area contributed by atoms with Crippen LogP contribution in [0, 0.1) is 0 Å². The van der Waals surface area contributed by atoms with Crippen molar-refractivity contribution in [1.82, 2.24) is 5.32 Å². The molecule has 1 atom stereocenters. The predicted octanol–water partition coefficient (Wildman–Crippen LogP) is 3.84. The van der Waals surface area contributed by atoms with Gasteiger partial charge in [0.2, 0.25) is 0 Å². The maximum Gasteiger partial charge on any atom is 0.407 e. The second kappa shape index (κ2) is 5.91. The van der Waals surface area contributed by atoms with Gasteiger partial charge in [-0.15, -0.1) is 0 Å². The van der Waals surface area contributed by atoms with Gasteiger partial charge in [0.1, 0.15) is 0 Å². The van der Waals surface area contributed by atoms with Crippen molar-refractivity contribution in [2.45, 2.75) is 39.2 Å². The first-order valence-electron chi connectivity index (χ1n) is 6.81. The standard InChI is InChI=1S/C16H21NO2/c1-4-5-6-12-7-8-13-9-11(2)15(14(13)10-12)17-16(18)19-3/h7-10,15H,4-6H2,1-3H3,(H,17,18). The number of ether oxygens (including phenoxy) is 1. The summed E-state index contributed by atoms with van der Waals surface area (Å²) in [5.74, 6) is 0. The maximum absolute atomic E-state index is 11.4. The summed E-state index contributed by atoms with van der Waals surface area (Å²) in [6.07, 6.45) is 5.22. The van der Waals surface area contributed by atoms with E-state index in [0.29, 0.717) is 0 Å². The third-order valence-electron chi connectivity index (χ3n) is 3.57. The van der Waals surface area contributed by atoms with Gasteiger partial charge in [-0.25, -0.2) is 4.79 Å². The zero-order valence-electron chi connectivity index (χ0n) is 11.8. The largest absolute Gasteiger partial charge is 0.453 e. The fourth-order valence-electron chi connectivity index (χ4n) is 2.48. The van der Waals surface area contributed by atoms with Gasteiger partial charge < -0.3 is 10.1 Å². The molecule has 1 amide bonds. The minimum atomic E-state index is -0.385. The molecular formula is C16H21NO2. The van der Waals surface area contributed by atoms with E-state index in [9.17, 15) is 4.79 Å². The molecular weight excluding hydrogens is 238 g/mol. The van der Waals surface area contributed by atoms with Crippen LogP contribution in [0.25, 0.3) is 6.08 Å². The van der Waals surface area contributed by atoms with Gasteiger partial charge in [-0.05, 0) is 42.0 Å². The van der Waals surface area contributed by atoms with E-state index in [0.717, 1.165) is 12.0 Å². The van der Waals surface area contributed by atoms with E-state index in [4.69, 9.17) is 4.74 Å². The van der Waals surface area contributed by atoms with Crippen molar-refractivity contribution in [1.29, 1.82) is 0 Å². The first kappa shape index (κ1) is 13.7. The molecule has 3 heteroatoms. The molecule has 1 aliphatic carbocycles. The number of methoxy groups -OCH3 is 1. The predicted molar refractivity (Wildman–Crippen MR) is 77.0 cm³/mol. The SMILES string of the molecule is CCCCc1ccc2c(c1)C(NC(=O)OC)C(C)=C2. The number of alkyl carbamates (subject to hydrolysis) is 1. The van der Waals surface area contributed by atoms with Gasteiger partial charge in [-0.2, -0.15) is 0 Å². The molecule has 0 aromatic heterocycles. The summed E-state index contributed by atoms with van der Waals surface area (Å²) in [5.41, 5.74) is 4.85. The first-order valence-corrected chi connectivity index (χ1v) is 6.81. The Bertz CT molecular complexity index is 505. The normalized spacial score (nSPS) is 16.8. The highest BCUT2D eigenvalue weighted by atomic mass is 16.5. The molecule has 1 aromatic rings. The molecule has 0 radical (unpaired) electrons. The van der Waals surface area contributed by atoms with Crippen LogP contribution in [0.5, 0.6) is 0 Å². The minimum absolute atomic E-state index is 0.0518. The average molecular weight is 259 g/mol. The zero-order chi connectivity index (χ0) is 13.8. The third-order valence-corrected chi connectivity index (χ3v) is 3.57. The first-order chi connectivity index (χ1) is 9.15. The van der Waals surface area contributed by atoms with E-state index >= 15 is 0 Å². The molecule has 0 bridgehead atoms. The van der Waals surface area contributed by atoms with Gasteiger partial charge in [0.15, 0.2) is 0 Å². The monoisotopic (exact) mass is 259 g/mol. The van der Waals surface area contributed by atoms with Crippen molar-refractivity contribution in [2.75, 3.05) is 7.11 Å². The van der Waals surface area contributed by atoms with E-state index in [-0.39, 0.29) is 12.1 Å². The fourth-order valence-corrected chi connectivity index (χ4v) is 2.48. The molecule has 1 unspecified atom stereocenters. The van der Waals surface area contributed by atoms with Crippen LogP contribution in [-0.4, -0.2) is 13.2 Å². The number of hydrogen-bond acceptors (Lipinski definition) is 2. The zero-order valence-corrected chi connectivity index (χ0v) is 11.8. The Balaban J connectivity index is 2.21. The quantitative estimate of drug-likeness (QED) is 0.892. The Labute approximate surface area is 114 Å². The highest BCUT2D eigenvalue weighted by molar-refractivity contribution is 5.73. The van der Waals surface area contributed by atoms with Gasteiger partial charge in [0, 0.05) is 0 Å². The lowest BCUT2D eigenvalue weighted by Gasteiger charge is -2.16. The Morgan fingerprint density at radius 3 is 2.89 bits per heavy atom. The summed E-state index contributed by atoms with van der Waals surface area (Å²) >= 11 is 0. The van der Waals surface area contributed by atoms with Crippen LogP contribution >= 0.6 is 0 Å². The van der Waals surface area contributed by atoms with Gasteiger partial charge in [0.05, 0.1) is 13.2 Å². The van der Waals surface area contributed by atoms with Crippen LogP contribution in [0.3, 0.4) is 0 Å². The Kier molecular flexibility index (Phi) is 4.25. The number of unbranched alkanes of at least 4 members (excludes halogenated alkanes) is 1. The Morgan fingerprint density at radius 1 is 1.42 bits per heavy atom. The van der Waals surface area contributed by atoms with Crippen LogP contribution in [0.2, 0.25) is 0 Å². The number of carbonyl (C=O) groups excluding carboxylic acids is 1. The van der Waals surface area contributed by atoms with E-state index in [1.54, 1.807) is 0 Å². The summed E-state index contributed by atoms with van der Waals surface area (Å²) in [6, 6.07) is 6.48. The van der Waals surface area contributed by atoms with Crippen molar-refractivity contribution in [2.24, 2.45) is 0 Å². The summed E-state index contributed by atoms with van der Waals surface area (Å²) in [6.45, 7) is 4.23. The molecule has 102 valence electrons. The number of benzene rings is 1.